The maximum absolute atomic E-state index is 13.1. The summed E-state index contributed by atoms with van der Waals surface area (Å²) in [6.07, 6.45) is -2.19. The number of rotatable bonds is 6. The highest BCUT2D eigenvalue weighted by molar-refractivity contribution is 5.94. The second kappa shape index (κ2) is 8.19. The van der Waals surface area contributed by atoms with Gasteiger partial charge in [-0.05, 0) is 36.8 Å². The summed E-state index contributed by atoms with van der Waals surface area (Å²) in [5.74, 6) is -0.942. The van der Waals surface area contributed by atoms with Crippen molar-refractivity contribution >= 4 is 17.3 Å². The molecule has 0 fully saturated rings. The van der Waals surface area contributed by atoms with Gasteiger partial charge < -0.3 is 10.1 Å². The highest BCUT2D eigenvalue weighted by Crippen LogP contribution is 2.33. The maximum atomic E-state index is 13.1. The zero-order valence-corrected chi connectivity index (χ0v) is 15.4. The second-order valence-corrected chi connectivity index (χ2v) is 6.13. The van der Waals surface area contributed by atoms with Crippen LogP contribution in [-0.2, 0) is 11.0 Å². The maximum Gasteiger partial charge on any atom is 0.416 e. The Kier molecular flexibility index (Phi) is 5.67. The Bertz CT molecular complexity index is 1080. The number of nitrogens with zero attached hydrogens (tertiary/aromatic N) is 4. The molecule has 0 spiro atoms. The van der Waals surface area contributed by atoms with Gasteiger partial charge in [0, 0.05) is 6.07 Å². The highest BCUT2D eigenvalue weighted by atomic mass is 19.4. The van der Waals surface area contributed by atoms with Gasteiger partial charge in [0.1, 0.15) is 12.7 Å². The number of hydrogen-bond acceptors (Lipinski definition) is 6. The molecule has 0 aliphatic heterocycles. The SMILES string of the molecule is Cc1ccc([N+](=O)[O-])c(OCC(=O)Nc2cc(C(F)(F)F)ccc2-n2cncn2)c1. The number of alkyl halides is 3. The number of nitro groups is 1. The van der Waals surface area contributed by atoms with Crippen LogP contribution in [0.1, 0.15) is 11.1 Å². The zero-order chi connectivity index (χ0) is 21.9. The van der Waals surface area contributed by atoms with Gasteiger partial charge in [0.15, 0.2) is 12.4 Å². The molecule has 0 saturated carbocycles. The molecule has 2 aromatic carbocycles. The number of hydrogen-bond donors (Lipinski definition) is 1. The summed E-state index contributed by atoms with van der Waals surface area (Å²) in [6.45, 7) is 1.03. The molecule has 30 heavy (non-hydrogen) atoms. The van der Waals surface area contributed by atoms with E-state index in [0.717, 1.165) is 18.2 Å². The lowest BCUT2D eigenvalue weighted by atomic mass is 10.1. The van der Waals surface area contributed by atoms with E-state index in [-0.39, 0.29) is 22.8 Å². The standard InChI is InChI=1S/C18H14F3N5O4/c1-11-2-4-15(26(28)29)16(6-11)30-8-17(27)24-13-7-12(18(19,20)21)3-5-14(13)25-10-22-9-23-25/h2-7,9-10H,8H2,1H3,(H,24,27). The molecule has 0 bridgehead atoms. The summed E-state index contributed by atoms with van der Waals surface area (Å²) in [6, 6.07) is 6.87. The Morgan fingerprint density at radius 3 is 2.67 bits per heavy atom. The third kappa shape index (κ3) is 4.71. The molecule has 1 aromatic heterocycles. The van der Waals surface area contributed by atoms with E-state index >= 15 is 0 Å². The van der Waals surface area contributed by atoms with Crippen LogP contribution in [0.5, 0.6) is 5.75 Å². The van der Waals surface area contributed by atoms with Crippen LogP contribution < -0.4 is 10.1 Å². The van der Waals surface area contributed by atoms with Gasteiger partial charge in [0.25, 0.3) is 5.91 Å². The van der Waals surface area contributed by atoms with Crippen LogP contribution in [0.3, 0.4) is 0 Å². The Morgan fingerprint density at radius 1 is 1.27 bits per heavy atom. The van der Waals surface area contributed by atoms with Gasteiger partial charge in [-0.25, -0.2) is 9.67 Å². The molecule has 0 atom stereocenters. The van der Waals surface area contributed by atoms with Gasteiger partial charge in [0.05, 0.1) is 21.9 Å². The number of aromatic nitrogens is 3. The molecule has 1 N–H and O–H groups in total. The fourth-order valence-corrected chi connectivity index (χ4v) is 2.56. The second-order valence-electron chi connectivity index (χ2n) is 6.13. The van der Waals surface area contributed by atoms with Crippen molar-refractivity contribution in [2.45, 2.75) is 13.1 Å². The number of aryl methyl sites for hydroxylation is 1. The van der Waals surface area contributed by atoms with E-state index in [0.29, 0.717) is 5.56 Å². The first-order chi connectivity index (χ1) is 14.1. The van der Waals surface area contributed by atoms with Crippen molar-refractivity contribution in [3.05, 3.63) is 70.3 Å². The summed E-state index contributed by atoms with van der Waals surface area (Å²) < 4.78 is 45.6. The van der Waals surface area contributed by atoms with E-state index in [1.54, 1.807) is 6.92 Å². The normalized spacial score (nSPS) is 11.2. The number of halogens is 3. The first kappa shape index (κ1) is 20.8. The van der Waals surface area contributed by atoms with Gasteiger partial charge in [0.2, 0.25) is 0 Å². The van der Waals surface area contributed by atoms with Crippen molar-refractivity contribution < 1.29 is 27.6 Å². The number of carbonyl (C=O) groups excluding carboxylic acids is 1. The van der Waals surface area contributed by atoms with Gasteiger partial charge >= 0.3 is 11.9 Å². The predicted molar refractivity (Wildman–Crippen MR) is 98.3 cm³/mol. The molecule has 1 amide bonds. The van der Waals surface area contributed by atoms with Gasteiger partial charge in [-0.2, -0.15) is 18.3 Å². The lowest BCUT2D eigenvalue weighted by molar-refractivity contribution is -0.385. The lowest BCUT2D eigenvalue weighted by Crippen LogP contribution is -2.22. The number of nitrogens with one attached hydrogen (secondary N) is 1. The van der Waals surface area contributed by atoms with E-state index in [9.17, 15) is 28.1 Å². The fraction of sp³-hybridized carbons (Fsp3) is 0.167. The first-order valence-corrected chi connectivity index (χ1v) is 8.39. The Hall–Kier alpha value is -3.96. The molecule has 12 heteroatoms. The van der Waals surface area contributed by atoms with E-state index in [1.807, 2.05) is 0 Å². The molecular weight excluding hydrogens is 407 g/mol. The van der Waals surface area contributed by atoms with E-state index in [4.69, 9.17) is 4.74 Å². The molecule has 0 saturated heterocycles. The third-order valence-corrected chi connectivity index (χ3v) is 3.93. The van der Waals surface area contributed by atoms with Crippen molar-refractivity contribution in [3.8, 4) is 11.4 Å². The average molecular weight is 421 g/mol. The van der Waals surface area contributed by atoms with E-state index in [1.165, 1.54) is 35.5 Å². The van der Waals surface area contributed by atoms with Crippen LogP contribution in [0.4, 0.5) is 24.5 Å². The molecule has 0 unspecified atom stereocenters. The van der Waals surface area contributed by atoms with E-state index in [2.05, 4.69) is 15.4 Å². The fourth-order valence-electron chi connectivity index (χ4n) is 2.56. The lowest BCUT2D eigenvalue weighted by Gasteiger charge is -2.14. The van der Waals surface area contributed by atoms with Crippen molar-refractivity contribution in [3.63, 3.8) is 0 Å². The van der Waals surface area contributed by atoms with E-state index < -0.39 is 29.2 Å². The van der Waals surface area contributed by atoms with Crippen LogP contribution in [0.2, 0.25) is 0 Å². The van der Waals surface area contributed by atoms with Crippen LogP contribution in [0.15, 0.2) is 49.1 Å². The van der Waals surface area contributed by atoms with Crippen LogP contribution in [0, 0.1) is 17.0 Å². The molecule has 3 rings (SSSR count). The molecule has 9 nitrogen and oxygen atoms in total. The third-order valence-electron chi connectivity index (χ3n) is 3.93. The zero-order valence-electron chi connectivity index (χ0n) is 15.4. The Morgan fingerprint density at radius 2 is 2.03 bits per heavy atom. The predicted octanol–water partition coefficient (Wildman–Crippen LogP) is 3.52. The first-order valence-electron chi connectivity index (χ1n) is 8.39. The monoisotopic (exact) mass is 421 g/mol. The Balaban J connectivity index is 1.83. The number of carbonyl (C=O) groups is 1. The van der Waals surface area contributed by atoms with Crippen molar-refractivity contribution in [2.24, 2.45) is 0 Å². The summed E-state index contributed by atoms with van der Waals surface area (Å²) in [7, 11) is 0. The van der Waals surface area contributed by atoms with Gasteiger partial charge in [-0.3, -0.25) is 14.9 Å². The minimum atomic E-state index is -4.63. The molecule has 0 aliphatic carbocycles. The molecule has 0 radical (unpaired) electrons. The van der Waals surface area contributed by atoms with Crippen LogP contribution in [0.25, 0.3) is 5.69 Å². The molecule has 0 aliphatic rings. The number of nitro benzene ring substituents is 1. The number of amides is 1. The van der Waals surface area contributed by atoms with Crippen molar-refractivity contribution in [2.75, 3.05) is 11.9 Å². The van der Waals surface area contributed by atoms with Gasteiger partial charge in [-0.1, -0.05) is 6.07 Å². The summed E-state index contributed by atoms with van der Waals surface area (Å²) in [5.41, 5.74) is -0.673. The minimum absolute atomic E-state index is 0.129. The Labute approximate surface area is 167 Å². The molecule has 1 heterocycles. The molecule has 156 valence electrons. The smallest absolute Gasteiger partial charge is 0.416 e. The molecular formula is C18H14F3N5O4. The minimum Gasteiger partial charge on any atom is -0.477 e. The summed E-state index contributed by atoms with van der Waals surface area (Å²) in [5, 5.41) is 17.2. The summed E-state index contributed by atoms with van der Waals surface area (Å²) in [4.78, 5) is 26.4. The quantitative estimate of drug-likeness (QED) is 0.481. The highest BCUT2D eigenvalue weighted by Gasteiger charge is 2.31. The molecule has 3 aromatic rings. The largest absolute Gasteiger partial charge is 0.477 e. The van der Waals surface area contributed by atoms with Gasteiger partial charge in [-0.15, -0.1) is 0 Å². The van der Waals surface area contributed by atoms with Crippen molar-refractivity contribution in [1.82, 2.24) is 14.8 Å². The topological polar surface area (TPSA) is 112 Å². The number of benzene rings is 2. The number of anilines is 1. The average Bonchev–Trinajstić information content (AvgIpc) is 3.20. The number of ether oxygens (including phenoxy) is 1. The summed E-state index contributed by atoms with van der Waals surface area (Å²) >= 11 is 0. The van der Waals surface area contributed by atoms with Crippen LogP contribution in [-0.4, -0.2) is 32.2 Å². The van der Waals surface area contributed by atoms with Crippen molar-refractivity contribution in [1.29, 1.82) is 0 Å². The van der Waals surface area contributed by atoms with Crippen LogP contribution >= 0.6 is 0 Å².